The highest BCUT2D eigenvalue weighted by molar-refractivity contribution is 6.06. The Hall–Kier alpha value is -1.56. The highest BCUT2D eigenvalue weighted by atomic mass is 16.3. The van der Waals surface area contributed by atoms with Crippen molar-refractivity contribution >= 4 is 5.78 Å². The lowest BCUT2D eigenvalue weighted by Crippen LogP contribution is -2.55. The van der Waals surface area contributed by atoms with E-state index >= 15 is 0 Å². The lowest BCUT2D eigenvalue weighted by Gasteiger charge is -2.55. The van der Waals surface area contributed by atoms with Gasteiger partial charge in [-0.3, -0.25) is 4.79 Å². The number of aliphatic hydroxyl groups is 1. The minimum absolute atomic E-state index is 0.0105. The van der Waals surface area contributed by atoms with E-state index in [1.807, 2.05) is 13.8 Å². The molecule has 0 unspecified atom stereocenters. The first-order valence-corrected chi connectivity index (χ1v) is 8.20. The summed E-state index contributed by atoms with van der Waals surface area (Å²) in [5, 5.41) is 20.9. The fraction of sp³-hybridized carbons (Fsp3) is 0.684. The van der Waals surface area contributed by atoms with Gasteiger partial charge in [0.2, 0.25) is 0 Å². The van der Waals surface area contributed by atoms with Crippen LogP contribution in [0.4, 0.5) is 0 Å². The number of hydrogen-bond acceptors (Lipinski definition) is 3. The molecule has 3 rings (SSSR count). The average molecular weight is 299 g/mol. The number of rotatable bonds is 0. The zero-order valence-electron chi connectivity index (χ0n) is 14.2. The fourth-order valence-corrected chi connectivity index (χ4v) is 5.41. The number of Topliss-reactive ketones (excluding diaryl/α,β-unsaturated/α-hetero) is 1. The molecule has 3 heteroatoms. The lowest BCUT2D eigenvalue weighted by atomic mass is 9.45. The maximum atomic E-state index is 12.9. The molecule has 0 amide bonds. The monoisotopic (exact) mass is 299 g/mol. The number of ketones is 1. The number of aliphatic hydroxyl groups excluding tert-OH is 1. The molecule has 22 heavy (non-hydrogen) atoms. The summed E-state index contributed by atoms with van der Waals surface area (Å²) >= 11 is 0. The SMILES string of the molecule is CC1=C[C@@H]2[C@H](CCCC2(C)C)[C@]2(C#N)C(O)=C(C)C(=O)[C@]12C. The van der Waals surface area contributed by atoms with Gasteiger partial charge >= 0.3 is 0 Å². The van der Waals surface area contributed by atoms with Crippen molar-refractivity contribution in [3.8, 4) is 6.07 Å². The van der Waals surface area contributed by atoms with Gasteiger partial charge in [-0.1, -0.05) is 31.9 Å². The zero-order valence-corrected chi connectivity index (χ0v) is 14.2. The molecule has 0 spiro atoms. The average Bonchev–Trinajstić information content (AvgIpc) is 2.61. The predicted molar refractivity (Wildman–Crippen MR) is 84.9 cm³/mol. The van der Waals surface area contributed by atoms with E-state index in [9.17, 15) is 15.2 Å². The second-order valence-electron chi connectivity index (χ2n) is 8.21. The third-order valence-corrected chi connectivity index (χ3v) is 6.93. The van der Waals surface area contributed by atoms with E-state index < -0.39 is 10.8 Å². The number of nitriles is 1. The number of carbonyl (C=O) groups excluding carboxylic acids is 1. The summed E-state index contributed by atoms with van der Waals surface area (Å²) in [5.74, 6) is 0.191. The van der Waals surface area contributed by atoms with Gasteiger partial charge in [-0.2, -0.15) is 5.26 Å². The summed E-state index contributed by atoms with van der Waals surface area (Å²) in [6.07, 6.45) is 5.28. The van der Waals surface area contributed by atoms with Crippen molar-refractivity contribution in [2.45, 2.75) is 53.9 Å². The third kappa shape index (κ3) is 1.39. The van der Waals surface area contributed by atoms with Gasteiger partial charge in [0.15, 0.2) is 5.78 Å². The van der Waals surface area contributed by atoms with Crippen LogP contribution in [-0.4, -0.2) is 10.9 Å². The van der Waals surface area contributed by atoms with Gasteiger partial charge in [0.1, 0.15) is 11.2 Å². The molecule has 1 fully saturated rings. The topological polar surface area (TPSA) is 61.1 Å². The van der Waals surface area contributed by atoms with Crippen LogP contribution < -0.4 is 0 Å². The second kappa shape index (κ2) is 4.25. The summed E-state index contributed by atoms with van der Waals surface area (Å²) in [6, 6.07) is 2.43. The number of nitrogens with zero attached hydrogens (tertiary/aromatic N) is 1. The van der Waals surface area contributed by atoms with Gasteiger partial charge in [0.25, 0.3) is 0 Å². The zero-order chi connectivity index (χ0) is 16.5. The van der Waals surface area contributed by atoms with Crippen LogP contribution in [-0.2, 0) is 4.79 Å². The Morgan fingerprint density at radius 3 is 2.55 bits per heavy atom. The van der Waals surface area contributed by atoms with Crippen LogP contribution in [0.1, 0.15) is 53.9 Å². The molecule has 3 aliphatic rings. The van der Waals surface area contributed by atoms with Gasteiger partial charge in [0.05, 0.1) is 11.5 Å². The fourth-order valence-electron chi connectivity index (χ4n) is 5.41. The number of allylic oxidation sites excluding steroid dienone is 4. The van der Waals surface area contributed by atoms with Crippen molar-refractivity contribution < 1.29 is 9.90 Å². The lowest BCUT2D eigenvalue weighted by molar-refractivity contribution is -0.128. The quantitative estimate of drug-likeness (QED) is 0.678. The first-order chi connectivity index (χ1) is 10.1. The van der Waals surface area contributed by atoms with Crippen LogP contribution in [0.3, 0.4) is 0 Å². The molecular weight excluding hydrogens is 274 g/mol. The van der Waals surface area contributed by atoms with E-state index in [4.69, 9.17) is 0 Å². The van der Waals surface area contributed by atoms with Crippen LogP contribution in [0, 0.1) is 39.4 Å². The van der Waals surface area contributed by atoms with Crippen molar-refractivity contribution in [1.29, 1.82) is 5.26 Å². The summed E-state index contributed by atoms with van der Waals surface area (Å²) in [6.45, 7) is 9.96. The van der Waals surface area contributed by atoms with E-state index in [2.05, 4.69) is 26.0 Å². The molecule has 0 saturated heterocycles. The molecule has 118 valence electrons. The summed E-state index contributed by atoms with van der Waals surface area (Å²) in [5.41, 5.74) is -0.589. The highest BCUT2D eigenvalue weighted by Crippen LogP contribution is 2.68. The Labute approximate surface area is 132 Å². The Morgan fingerprint density at radius 1 is 1.32 bits per heavy atom. The first kappa shape index (κ1) is 15.3. The van der Waals surface area contributed by atoms with Gasteiger partial charge in [0, 0.05) is 5.57 Å². The molecule has 1 saturated carbocycles. The van der Waals surface area contributed by atoms with Crippen molar-refractivity contribution in [2.24, 2.45) is 28.1 Å². The molecular formula is C19H25NO2. The molecule has 0 aromatic rings. The van der Waals surface area contributed by atoms with Crippen LogP contribution in [0.5, 0.6) is 0 Å². The van der Waals surface area contributed by atoms with Crippen molar-refractivity contribution in [3.05, 3.63) is 23.0 Å². The summed E-state index contributed by atoms with van der Waals surface area (Å²) < 4.78 is 0. The van der Waals surface area contributed by atoms with E-state index in [0.717, 1.165) is 24.8 Å². The van der Waals surface area contributed by atoms with Gasteiger partial charge in [-0.05, 0) is 50.9 Å². The minimum Gasteiger partial charge on any atom is -0.510 e. The molecule has 0 heterocycles. The van der Waals surface area contributed by atoms with E-state index in [1.165, 1.54) is 0 Å². The Kier molecular flexibility index (Phi) is 2.96. The second-order valence-corrected chi connectivity index (χ2v) is 8.21. The standard InChI is InChI=1S/C19H25NO2/c1-11-9-14-13(7-6-8-17(14,3)4)19(10-20)16(22)12(2)15(21)18(11,19)5/h9,13-14,22H,6-8H2,1-5H3/t13-,14+,18-,19+/m0/s1. The smallest absolute Gasteiger partial charge is 0.173 e. The molecule has 0 aromatic carbocycles. The van der Waals surface area contributed by atoms with E-state index in [1.54, 1.807) is 6.92 Å². The Morgan fingerprint density at radius 2 is 1.95 bits per heavy atom. The van der Waals surface area contributed by atoms with Crippen LogP contribution in [0.2, 0.25) is 0 Å². The van der Waals surface area contributed by atoms with Gasteiger partial charge in [-0.15, -0.1) is 0 Å². The maximum Gasteiger partial charge on any atom is 0.173 e. The number of fused-ring (bicyclic) bond motifs is 3. The minimum atomic E-state index is -1.09. The van der Waals surface area contributed by atoms with Crippen molar-refractivity contribution in [2.75, 3.05) is 0 Å². The van der Waals surface area contributed by atoms with Crippen molar-refractivity contribution in [1.82, 2.24) is 0 Å². The first-order valence-electron chi connectivity index (χ1n) is 8.20. The summed E-state index contributed by atoms with van der Waals surface area (Å²) in [7, 11) is 0. The highest BCUT2D eigenvalue weighted by Gasteiger charge is 2.70. The van der Waals surface area contributed by atoms with Crippen LogP contribution in [0.15, 0.2) is 23.0 Å². The largest absolute Gasteiger partial charge is 0.510 e. The van der Waals surface area contributed by atoms with Crippen molar-refractivity contribution in [3.63, 3.8) is 0 Å². The summed E-state index contributed by atoms with van der Waals surface area (Å²) in [4.78, 5) is 12.9. The molecule has 0 aliphatic heterocycles. The predicted octanol–water partition coefficient (Wildman–Crippen LogP) is 4.32. The molecule has 4 atom stereocenters. The molecule has 0 bridgehead atoms. The molecule has 1 N–H and O–H groups in total. The van der Waals surface area contributed by atoms with E-state index in [0.29, 0.717) is 5.57 Å². The van der Waals surface area contributed by atoms with Gasteiger partial charge in [-0.25, -0.2) is 0 Å². The number of hydrogen-bond donors (Lipinski definition) is 1. The normalized spacial score (nSPS) is 43.3. The molecule has 3 nitrogen and oxygen atoms in total. The molecule has 0 aromatic heterocycles. The van der Waals surface area contributed by atoms with Gasteiger partial charge < -0.3 is 5.11 Å². The Balaban J connectivity index is 2.34. The number of carbonyl (C=O) groups is 1. The van der Waals surface area contributed by atoms with E-state index in [-0.39, 0.29) is 28.8 Å². The van der Waals surface area contributed by atoms with Crippen LogP contribution >= 0.6 is 0 Å². The third-order valence-electron chi connectivity index (χ3n) is 6.93. The molecule has 3 aliphatic carbocycles. The Bertz CT molecular complexity index is 663. The van der Waals surface area contributed by atoms with Crippen LogP contribution in [0.25, 0.3) is 0 Å². The maximum absolute atomic E-state index is 12.9. The molecule has 0 radical (unpaired) electrons.